The Balaban J connectivity index is 1.07. The Hall–Kier alpha value is -3.17. The van der Waals surface area contributed by atoms with Crippen molar-refractivity contribution in [1.82, 2.24) is 19.4 Å². The predicted molar refractivity (Wildman–Crippen MR) is 149 cm³/mol. The second kappa shape index (κ2) is 11.9. The van der Waals surface area contributed by atoms with Gasteiger partial charge in [-0.25, -0.2) is 9.78 Å². The van der Waals surface area contributed by atoms with E-state index in [0.29, 0.717) is 6.54 Å². The van der Waals surface area contributed by atoms with Crippen LogP contribution in [-0.4, -0.2) is 76.0 Å². The van der Waals surface area contributed by atoms with Gasteiger partial charge in [0, 0.05) is 38.9 Å². The molecule has 2 saturated heterocycles. The van der Waals surface area contributed by atoms with Crippen LogP contribution in [-0.2, 0) is 17.8 Å². The van der Waals surface area contributed by atoms with Crippen molar-refractivity contribution in [2.24, 2.45) is 5.92 Å². The number of carboxylic acid groups (broad SMARTS) is 1. The number of aromatic carboxylic acids is 1. The van der Waals surface area contributed by atoms with Crippen molar-refractivity contribution >= 4 is 22.8 Å². The molecule has 2 aliphatic heterocycles. The van der Waals surface area contributed by atoms with Gasteiger partial charge in [-0.15, -0.1) is 0 Å². The number of ether oxygens (including phenoxy) is 2. The Morgan fingerprint density at radius 3 is 2.59 bits per heavy atom. The molecule has 3 aliphatic rings. The van der Waals surface area contributed by atoms with E-state index < -0.39 is 5.97 Å². The molecule has 9 heteroatoms. The summed E-state index contributed by atoms with van der Waals surface area (Å²) in [5.41, 5.74) is 1.98. The fourth-order valence-electron chi connectivity index (χ4n) is 6.06. The molecule has 1 aliphatic carbocycles. The monoisotopic (exact) mass is 533 g/mol. The molecule has 1 aromatic carbocycles. The number of pyridine rings is 1. The Labute approximate surface area is 229 Å². The normalized spacial score (nSPS) is 20.7. The highest BCUT2D eigenvalue weighted by molar-refractivity contribution is 5.92. The molecule has 2 aromatic heterocycles. The molecule has 3 aromatic rings. The van der Waals surface area contributed by atoms with Gasteiger partial charge in [0.05, 0.1) is 42.4 Å². The van der Waals surface area contributed by atoms with E-state index >= 15 is 0 Å². The summed E-state index contributed by atoms with van der Waals surface area (Å²) < 4.78 is 13.9. The van der Waals surface area contributed by atoms with E-state index in [9.17, 15) is 9.90 Å². The second-order valence-corrected chi connectivity index (χ2v) is 11.2. The predicted octanol–water partition coefficient (Wildman–Crippen LogP) is 4.59. The highest BCUT2D eigenvalue weighted by atomic mass is 16.5. The minimum absolute atomic E-state index is 0.162. The van der Waals surface area contributed by atoms with Gasteiger partial charge in [-0.1, -0.05) is 38.2 Å². The number of anilines is 1. The third-order valence-electron chi connectivity index (χ3n) is 8.52. The third-order valence-corrected chi connectivity index (χ3v) is 8.52. The van der Waals surface area contributed by atoms with Crippen LogP contribution >= 0.6 is 0 Å². The van der Waals surface area contributed by atoms with E-state index in [1.54, 1.807) is 12.1 Å². The van der Waals surface area contributed by atoms with Crippen LogP contribution < -0.4 is 9.64 Å². The number of nitrogens with zero attached hydrogens (tertiary/aromatic N) is 5. The lowest BCUT2D eigenvalue weighted by Gasteiger charge is -2.35. The zero-order valence-electron chi connectivity index (χ0n) is 22.6. The minimum atomic E-state index is -0.922. The van der Waals surface area contributed by atoms with Gasteiger partial charge in [-0.05, 0) is 43.0 Å². The molecule has 1 N–H and O–H groups in total. The number of fused-ring (bicyclic) bond motifs is 1. The molecule has 3 fully saturated rings. The zero-order valence-corrected chi connectivity index (χ0v) is 22.6. The SMILES string of the molecule is O=C(O)c1ccc2nc(CN3CCN(c4cccc(OCCC5CCCCC5)n4)CC3)n(C[C@@H]3CCO3)c2c1. The first-order chi connectivity index (χ1) is 19.1. The molecule has 0 unspecified atom stereocenters. The molecular formula is C30H39N5O4. The van der Waals surface area contributed by atoms with Crippen molar-refractivity contribution in [2.75, 3.05) is 44.3 Å². The molecule has 1 atom stereocenters. The van der Waals surface area contributed by atoms with E-state index in [4.69, 9.17) is 19.4 Å². The van der Waals surface area contributed by atoms with Gasteiger partial charge < -0.3 is 24.0 Å². The quantitative estimate of drug-likeness (QED) is 0.405. The molecule has 0 bridgehead atoms. The first kappa shape index (κ1) is 26.1. The summed E-state index contributed by atoms with van der Waals surface area (Å²) in [6.07, 6.45) is 9.11. The molecule has 4 heterocycles. The first-order valence-electron chi connectivity index (χ1n) is 14.5. The van der Waals surface area contributed by atoms with Crippen LogP contribution in [0.15, 0.2) is 36.4 Å². The number of aromatic nitrogens is 3. The number of carboxylic acids is 1. The number of piperazine rings is 1. The Kier molecular flexibility index (Phi) is 7.97. The molecule has 9 nitrogen and oxygen atoms in total. The smallest absolute Gasteiger partial charge is 0.335 e. The van der Waals surface area contributed by atoms with Crippen LogP contribution in [0.5, 0.6) is 5.88 Å². The van der Waals surface area contributed by atoms with Gasteiger partial charge >= 0.3 is 5.97 Å². The highest BCUT2D eigenvalue weighted by Gasteiger charge is 2.25. The van der Waals surface area contributed by atoms with E-state index in [-0.39, 0.29) is 11.7 Å². The van der Waals surface area contributed by atoms with Crippen LogP contribution in [0.4, 0.5) is 5.82 Å². The van der Waals surface area contributed by atoms with Gasteiger partial charge in [0.25, 0.3) is 0 Å². The highest BCUT2D eigenvalue weighted by Crippen LogP contribution is 2.27. The second-order valence-electron chi connectivity index (χ2n) is 11.2. The standard InChI is InChI=1S/C30H39N5O4/c36-30(37)23-9-10-25-26(19-23)35(20-24-12-18-38-24)28(31-25)21-33-13-15-34(16-14-33)27-7-4-8-29(32-27)39-17-11-22-5-2-1-3-6-22/h4,7-10,19,22,24H,1-3,5-6,11-18,20-21H2,(H,36,37)/t24-/m0/s1. The van der Waals surface area contributed by atoms with Crippen LogP contribution in [0.2, 0.25) is 0 Å². The third kappa shape index (κ3) is 6.20. The summed E-state index contributed by atoms with van der Waals surface area (Å²) in [6.45, 7) is 6.52. The van der Waals surface area contributed by atoms with Crippen LogP contribution in [0, 0.1) is 5.92 Å². The maximum absolute atomic E-state index is 11.6. The Bertz CT molecular complexity index is 1280. The molecular weight excluding hydrogens is 494 g/mol. The van der Waals surface area contributed by atoms with Crippen molar-refractivity contribution < 1.29 is 19.4 Å². The molecule has 1 saturated carbocycles. The largest absolute Gasteiger partial charge is 0.478 e. The maximum Gasteiger partial charge on any atom is 0.335 e. The van der Waals surface area contributed by atoms with Crippen molar-refractivity contribution in [3.05, 3.63) is 47.8 Å². The summed E-state index contributed by atoms with van der Waals surface area (Å²) in [6, 6.07) is 11.3. The van der Waals surface area contributed by atoms with Crippen molar-refractivity contribution in [3.8, 4) is 5.88 Å². The number of hydrogen-bond donors (Lipinski definition) is 1. The Morgan fingerprint density at radius 2 is 1.85 bits per heavy atom. The van der Waals surface area contributed by atoms with E-state index in [1.165, 1.54) is 32.1 Å². The molecule has 0 radical (unpaired) electrons. The summed E-state index contributed by atoms with van der Waals surface area (Å²) >= 11 is 0. The lowest BCUT2D eigenvalue weighted by atomic mass is 9.87. The molecule has 0 amide bonds. The van der Waals surface area contributed by atoms with Crippen LogP contribution in [0.1, 0.15) is 61.1 Å². The summed E-state index contributed by atoms with van der Waals surface area (Å²) in [5, 5.41) is 9.49. The number of rotatable bonds is 10. The van der Waals surface area contributed by atoms with Crippen molar-refractivity contribution in [3.63, 3.8) is 0 Å². The first-order valence-corrected chi connectivity index (χ1v) is 14.5. The lowest BCUT2D eigenvalue weighted by molar-refractivity contribution is -0.0592. The van der Waals surface area contributed by atoms with Crippen LogP contribution in [0.3, 0.4) is 0 Å². The average molecular weight is 534 g/mol. The molecule has 6 rings (SSSR count). The number of hydrogen-bond acceptors (Lipinski definition) is 7. The van der Waals surface area contributed by atoms with Gasteiger partial charge in [-0.3, -0.25) is 4.90 Å². The van der Waals surface area contributed by atoms with Crippen molar-refractivity contribution in [2.45, 2.75) is 64.1 Å². The number of imidazole rings is 1. The maximum atomic E-state index is 11.6. The minimum Gasteiger partial charge on any atom is -0.478 e. The van der Waals surface area contributed by atoms with Crippen LogP contribution in [0.25, 0.3) is 11.0 Å². The van der Waals surface area contributed by atoms with Gasteiger partial charge in [-0.2, -0.15) is 4.98 Å². The fraction of sp³-hybridized carbons (Fsp3) is 0.567. The zero-order chi connectivity index (χ0) is 26.6. The van der Waals surface area contributed by atoms with Gasteiger partial charge in [0.1, 0.15) is 11.6 Å². The van der Waals surface area contributed by atoms with Gasteiger partial charge in [0.15, 0.2) is 0 Å². The number of benzene rings is 1. The molecule has 0 spiro atoms. The summed E-state index contributed by atoms with van der Waals surface area (Å²) in [7, 11) is 0. The van der Waals surface area contributed by atoms with E-state index in [0.717, 1.165) is 93.3 Å². The van der Waals surface area contributed by atoms with E-state index in [1.807, 2.05) is 18.2 Å². The molecule has 208 valence electrons. The lowest BCUT2D eigenvalue weighted by Crippen LogP contribution is -2.46. The summed E-state index contributed by atoms with van der Waals surface area (Å²) in [5.74, 6) is 2.54. The van der Waals surface area contributed by atoms with Gasteiger partial charge in [0.2, 0.25) is 5.88 Å². The van der Waals surface area contributed by atoms with Crippen molar-refractivity contribution in [1.29, 1.82) is 0 Å². The fourth-order valence-corrected chi connectivity index (χ4v) is 6.06. The Morgan fingerprint density at radius 1 is 1.03 bits per heavy atom. The average Bonchev–Trinajstić information content (AvgIpc) is 3.27. The molecule has 39 heavy (non-hydrogen) atoms. The number of carbonyl (C=O) groups is 1. The topological polar surface area (TPSA) is 93.0 Å². The summed E-state index contributed by atoms with van der Waals surface area (Å²) in [4.78, 5) is 26.0. The van der Waals surface area contributed by atoms with E-state index in [2.05, 4.69) is 20.4 Å².